The molecule has 3 N–H and O–H groups in total. The standard InChI is InChI=1S/C14H21N6O8P/c1-7-5-20(14(23)16-12(7)21)11-4-9(17-19-15)10(28-11)6-27-29(24,25)18-8(2)13(22)26-3/h5,8-11H,4,6H2,1-3H3,(H,16,21,23)(H2,18,24,25)/t8-,9-,10+,11+/m0/s1. The number of hydrogen-bond acceptors (Lipinski definition) is 8. The molecule has 1 aliphatic rings. The van der Waals surface area contributed by atoms with Crippen molar-refractivity contribution in [2.45, 2.75) is 44.7 Å². The zero-order valence-electron chi connectivity index (χ0n) is 15.8. The summed E-state index contributed by atoms with van der Waals surface area (Å²) in [7, 11) is -3.28. The van der Waals surface area contributed by atoms with Crippen LogP contribution in [0.1, 0.15) is 25.1 Å². The maximum absolute atomic E-state index is 12.1. The topological polar surface area (TPSA) is 198 Å². The Morgan fingerprint density at radius 2 is 2.31 bits per heavy atom. The summed E-state index contributed by atoms with van der Waals surface area (Å²) in [5.74, 6) is -0.764. The van der Waals surface area contributed by atoms with E-state index >= 15 is 0 Å². The third-order valence-electron chi connectivity index (χ3n) is 4.19. The monoisotopic (exact) mass is 432 g/mol. The Morgan fingerprint density at radius 1 is 1.62 bits per heavy atom. The van der Waals surface area contributed by atoms with E-state index in [4.69, 9.17) is 14.8 Å². The van der Waals surface area contributed by atoms with E-state index in [-0.39, 0.29) is 12.0 Å². The molecule has 1 aromatic rings. The molecular formula is C14H21N6O8P. The number of aromatic amines is 1. The quantitative estimate of drug-likeness (QED) is 0.167. The van der Waals surface area contributed by atoms with E-state index in [0.717, 1.165) is 11.7 Å². The van der Waals surface area contributed by atoms with E-state index in [1.54, 1.807) is 0 Å². The molecule has 0 aliphatic carbocycles. The van der Waals surface area contributed by atoms with Gasteiger partial charge in [0.1, 0.15) is 12.3 Å². The predicted molar refractivity (Wildman–Crippen MR) is 97.9 cm³/mol. The number of H-pyrrole nitrogens is 1. The van der Waals surface area contributed by atoms with E-state index < -0.39 is 56.0 Å². The molecule has 160 valence electrons. The average Bonchev–Trinajstić information content (AvgIpc) is 3.05. The van der Waals surface area contributed by atoms with Crippen molar-refractivity contribution in [3.05, 3.63) is 43.0 Å². The van der Waals surface area contributed by atoms with E-state index in [1.807, 2.05) is 0 Å². The maximum Gasteiger partial charge on any atom is 0.403 e. The van der Waals surface area contributed by atoms with Crippen LogP contribution in [0.15, 0.2) is 20.9 Å². The molecule has 0 amide bonds. The molecule has 5 atom stereocenters. The lowest BCUT2D eigenvalue weighted by Crippen LogP contribution is -2.34. The van der Waals surface area contributed by atoms with Crippen LogP contribution >= 0.6 is 7.75 Å². The number of carbonyl (C=O) groups excluding carboxylic acids is 1. The van der Waals surface area contributed by atoms with Crippen LogP contribution in [0.4, 0.5) is 0 Å². The molecule has 0 spiro atoms. The Bertz CT molecular complexity index is 970. The first-order chi connectivity index (χ1) is 13.6. The zero-order valence-corrected chi connectivity index (χ0v) is 16.7. The van der Waals surface area contributed by atoms with Gasteiger partial charge in [0.15, 0.2) is 0 Å². The third-order valence-corrected chi connectivity index (χ3v) is 5.40. The summed E-state index contributed by atoms with van der Waals surface area (Å²) in [5.41, 5.74) is 7.77. The summed E-state index contributed by atoms with van der Waals surface area (Å²) >= 11 is 0. The van der Waals surface area contributed by atoms with Gasteiger partial charge >= 0.3 is 19.4 Å². The number of azide groups is 1. The molecule has 0 aromatic carbocycles. The maximum atomic E-state index is 12.1. The molecule has 1 fully saturated rings. The van der Waals surface area contributed by atoms with Gasteiger partial charge in [0.25, 0.3) is 5.56 Å². The number of nitrogens with zero attached hydrogens (tertiary/aromatic N) is 4. The minimum absolute atomic E-state index is 0.0746. The van der Waals surface area contributed by atoms with Crippen molar-refractivity contribution >= 4 is 13.7 Å². The van der Waals surface area contributed by atoms with Gasteiger partial charge in [-0.05, 0) is 19.4 Å². The number of esters is 1. The van der Waals surface area contributed by atoms with Crippen LogP contribution in [0.5, 0.6) is 0 Å². The fourth-order valence-electron chi connectivity index (χ4n) is 2.71. The summed E-state index contributed by atoms with van der Waals surface area (Å²) in [5, 5.41) is 5.68. The van der Waals surface area contributed by atoms with Gasteiger partial charge in [-0.1, -0.05) is 5.11 Å². The Hall–Kier alpha value is -2.47. The zero-order chi connectivity index (χ0) is 21.8. The van der Waals surface area contributed by atoms with Crippen molar-refractivity contribution in [1.29, 1.82) is 0 Å². The number of hydrogen-bond donors (Lipinski definition) is 3. The van der Waals surface area contributed by atoms with Gasteiger partial charge in [-0.2, -0.15) is 0 Å². The van der Waals surface area contributed by atoms with Gasteiger partial charge in [-0.15, -0.1) is 0 Å². The summed E-state index contributed by atoms with van der Waals surface area (Å²) < 4.78 is 28.3. The summed E-state index contributed by atoms with van der Waals surface area (Å²) in [6.07, 6.45) is -0.461. The van der Waals surface area contributed by atoms with Crippen LogP contribution in [0.2, 0.25) is 0 Å². The highest BCUT2D eigenvalue weighted by Crippen LogP contribution is 2.40. The van der Waals surface area contributed by atoms with Gasteiger partial charge in [0.05, 0.1) is 25.9 Å². The minimum atomic E-state index is -4.41. The Kier molecular flexibility index (Phi) is 7.36. The van der Waals surface area contributed by atoms with Crippen LogP contribution in [-0.2, 0) is 23.4 Å². The fourth-order valence-corrected chi connectivity index (χ4v) is 3.73. The summed E-state index contributed by atoms with van der Waals surface area (Å²) in [6, 6.07) is -1.91. The van der Waals surface area contributed by atoms with Crippen LogP contribution in [-0.4, -0.2) is 52.3 Å². The number of nitrogens with one attached hydrogen (secondary N) is 2. The lowest BCUT2D eigenvalue weighted by Gasteiger charge is -2.20. The smallest absolute Gasteiger partial charge is 0.403 e. The summed E-state index contributed by atoms with van der Waals surface area (Å²) in [6.45, 7) is 2.35. The van der Waals surface area contributed by atoms with Gasteiger partial charge in [0.2, 0.25) is 0 Å². The van der Waals surface area contributed by atoms with Crippen LogP contribution < -0.4 is 16.3 Å². The number of rotatable bonds is 8. The van der Waals surface area contributed by atoms with Crippen molar-refractivity contribution in [3.8, 4) is 0 Å². The molecule has 14 nitrogen and oxygen atoms in total. The Labute approximate surface area is 164 Å². The second kappa shape index (κ2) is 9.35. The molecule has 1 aromatic heterocycles. The highest BCUT2D eigenvalue weighted by atomic mass is 31.2. The SMILES string of the molecule is COC(=O)[C@H](C)NP(=O)(O)OC[C@H]1O[C@@H](n2cc(C)c(=O)[nH]c2=O)C[C@@H]1N=[N+]=[N-]. The van der Waals surface area contributed by atoms with E-state index in [0.29, 0.717) is 0 Å². The largest absolute Gasteiger partial charge is 0.468 e. The molecule has 1 saturated heterocycles. The highest BCUT2D eigenvalue weighted by Gasteiger charge is 2.38. The second-order valence-corrected chi connectivity index (χ2v) is 7.86. The van der Waals surface area contributed by atoms with Crippen LogP contribution in [0.25, 0.3) is 10.4 Å². The molecule has 1 unspecified atom stereocenters. The lowest BCUT2D eigenvalue weighted by molar-refractivity contribution is -0.142. The first-order valence-corrected chi connectivity index (χ1v) is 10.0. The van der Waals surface area contributed by atoms with Crippen molar-refractivity contribution in [1.82, 2.24) is 14.6 Å². The molecule has 15 heteroatoms. The van der Waals surface area contributed by atoms with Crippen molar-refractivity contribution in [2.24, 2.45) is 5.11 Å². The van der Waals surface area contributed by atoms with Crippen molar-refractivity contribution in [2.75, 3.05) is 13.7 Å². The molecule has 1 aliphatic heterocycles. The average molecular weight is 432 g/mol. The first kappa shape index (κ1) is 22.8. The first-order valence-electron chi connectivity index (χ1n) is 8.42. The highest BCUT2D eigenvalue weighted by molar-refractivity contribution is 7.50. The molecule has 0 bridgehead atoms. The predicted octanol–water partition coefficient (Wildman–Crippen LogP) is 0.0795. The molecule has 0 saturated carbocycles. The van der Waals surface area contributed by atoms with E-state index in [1.165, 1.54) is 20.0 Å². The van der Waals surface area contributed by atoms with Gasteiger partial charge < -0.3 is 14.4 Å². The number of aryl methyl sites for hydroxylation is 1. The molecular weight excluding hydrogens is 411 g/mol. The van der Waals surface area contributed by atoms with Gasteiger partial charge in [0, 0.05) is 23.1 Å². The molecule has 29 heavy (non-hydrogen) atoms. The number of ether oxygens (including phenoxy) is 2. The molecule has 2 heterocycles. The van der Waals surface area contributed by atoms with E-state index in [9.17, 15) is 23.8 Å². The number of carbonyl (C=O) groups is 1. The van der Waals surface area contributed by atoms with Crippen molar-refractivity contribution < 1.29 is 28.3 Å². The van der Waals surface area contributed by atoms with Crippen LogP contribution in [0, 0.1) is 6.92 Å². The molecule has 2 rings (SSSR count). The van der Waals surface area contributed by atoms with Crippen molar-refractivity contribution in [3.63, 3.8) is 0 Å². The Morgan fingerprint density at radius 3 is 2.93 bits per heavy atom. The second-order valence-electron chi connectivity index (χ2n) is 6.31. The van der Waals surface area contributed by atoms with Crippen LogP contribution in [0.3, 0.4) is 0 Å². The van der Waals surface area contributed by atoms with Gasteiger partial charge in [-0.3, -0.25) is 23.7 Å². The third kappa shape index (κ3) is 5.76. The Balaban J connectivity index is 2.12. The lowest BCUT2D eigenvalue weighted by atomic mass is 10.1. The summed E-state index contributed by atoms with van der Waals surface area (Å²) in [4.78, 5) is 49.6. The molecule has 0 radical (unpaired) electrons. The normalized spacial score (nSPS) is 24.3. The van der Waals surface area contributed by atoms with Gasteiger partial charge in [-0.25, -0.2) is 14.4 Å². The number of methoxy groups -OCH3 is 1. The fraction of sp³-hybridized carbons (Fsp3) is 0.643. The van der Waals surface area contributed by atoms with E-state index in [2.05, 4.69) is 24.8 Å². The number of aromatic nitrogens is 2. The minimum Gasteiger partial charge on any atom is -0.468 e.